The van der Waals surface area contributed by atoms with E-state index in [1.807, 2.05) is 0 Å². The highest BCUT2D eigenvalue weighted by molar-refractivity contribution is 5.97. The van der Waals surface area contributed by atoms with Gasteiger partial charge in [0.15, 0.2) is 0 Å². The summed E-state index contributed by atoms with van der Waals surface area (Å²) in [6.45, 7) is 3.46. The second-order valence-corrected chi connectivity index (χ2v) is 4.60. The van der Waals surface area contributed by atoms with Gasteiger partial charge in [-0.05, 0) is 5.92 Å². The van der Waals surface area contributed by atoms with Crippen LogP contribution < -0.4 is 5.32 Å². The first-order chi connectivity index (χ1) is 9.81. The number of esters is 1. The zero-order valence-electron chi connectivity index (χ0n) is 11.9. The minimum atomic E-state index is -1.34. The number of hydrogen-bond acceptors (Lipinski definition) is 3. The average molecular weight is 303 g/mol. The molecule has 0 aliphatic rings. The third-order valence-electron chi connectivity index (χ3n) is 3.19. The van der Waals surface area contributed by atoms with Gasteiger partial charge in [0.25, 0.3) is 5.91 Å². The number of rotatable bonds is 5. The molecular formula is C14H16F3NO3. The molecule has 7 heteroatoms. The maximum atomic E-state index is 13.5. The predicted molar refractivity (Wildman–Crippen MR) is 69.0 cm³/mol. The van der Waals surface area contributed by atoms with E-state index >= 15 is 0 Å². The SMILES string of the molecule is CC[C@H](C)[C@H](NC(=O)c1c(F)cc(F)cc1F)C(=O)OC. The van der Waals surface area contributed by atoms with E-state index in [0.717, 1.165) is 7.11 Å². The summed E-state index contributed by atoms with van der Waals surface area (Å²) in [5.41, 5.74) is -0.936. The van der Waals surface area contributed by atoms with Crippen molar-refractivity contribution < 1.29 is 27.5 Å². The molecule has 0 unspecified atom stereocenters. The van der Waals surface area contributed by atoms with Gasteiger partial charge in [-0.3, -0.25) is 4.79 Å². The van der Waals surface area contributed by atoms with Gasteiger partial charge in [0.2, 0.25) is 0 Å². The van der Waals surface area contributed by atoms with Crippen molar-refractivity contribution in [1.29, 1.82) is 0 Å². The highest BCUT2D eigenvalue weighted by Crippen LogP contribution is 2.16. The molecule has 1 aromatic rings. The van der Waals surface area contributed by atoms with Crippen LogP contribution in [0.1, 0.15) is 30.6 Å². The molecule has 1 rings (SSSR count). The monoisotopic (exact) mass is 303 g/mol. The molecule has 21 heavy (non-hydrogen) atoms. The molecule has 1 amide bonds. The van der Waals surface area contributed by atoms with E-state index in [1.54, 1.807) is 13.8 Å². The summed E-state index contributed by atoms with van der Waals surface area (Å²) in [4.78, 5) is 23.5. The van der Waals surface area contributed by atoms with Crippen molar-refractivity contribution >= 4 is 11.9 Å². The molecule has 0 bridgehead atoms. The van der Waals surface area contributed by atoms with E-state index < -0.39 is 40.9 Å². The molecule has 4 nitrogen and oxygen atoms in total. The topological polar surface area (TPSA) is 55.4 Å². The first-order valence-electron chi connectivity index (χ1n) is 6.35. The minimum Gasteiger partial charge on any atom is -0.467 e. The smallest absolute Gasteiger partial charge is 0.328 e. The Morgan fingerprint density at radius 2 is 1.76 bits per heavy atom. The molecule has 0 saturated carbocycles. The molecule has 0 heterocycles. The summed E-state index contributed by atoms with van der Waals surface area (Å²) in [6.07, 6.45) is 0.536. The summed E-state index contributed by atoms with van der Waals surface area (Å²) in [5, 5.41) is 2.22. The first-order valence-corrected chi connectivity index (χ1v) is 6.35. The largest absolute Gasteiger partial charge is 0.467 e. The van der Waals surface area contributed by atoms with Crippen molar-refractivity contribution in [2.45, 2.75) is 26.3 Å². The lowest BCUT2D eigenvalue weighted by Gasteiger charge is -2.22. The molecular weight excluding hydrogens is 287 g/mol. The summed E-state index contributed by atoms with van der Waals surface area (Å²) in [6, 6.07) is -0.251. The van der Waals surface area contributed by atoms with Crippen molar-refractivity contribution in [3.63, 3.8) is 0 Å². The molecule has 0 aliphatic carbocycles. The number of carbonyl (C=O) groups excluding carboxylic acids is 2. The lowest BCUT2D eigenvalue weighted by atomic mass is 9.98. The number of nitrogens with one attached hydrogen (secondary N) is 1. The van der Waals surface area contributed by atoms with Gasteiger partial charge in [0.05, 0.1) is 7.11 Å². The van der Waals surface area contributed by atoms with Crippen LogP contribution in [0.2, 0.25) is 0 Å². The summed E-state index contributed by atoms with van der Waals surface area (Å²) >= 11 is 0. The number of benzene rings is 1. The van der Waals surface area contributed by atoms with Crippen LogP contribution >= 0.6 is 0 Å². The van der Waals surface area contributed by atoms with Crippen molar-refractivity contribution in [3.8, 4) is 0 Å². The van der Waals surface area contributed by atoms with Crippen LogP contribution in [0.25, 0.3) is 0 Å². The maximum absolute atomic E-state index is 13.5. The maximum Gasteiger partial charge on any atom is 0.328 e. The van der Waals surface area contributed by atoms with Crippen LogP contribution in [0.3, 0.4) is 0 Å². The number of halogens is 3. The van der Waals surface area contributed by atoms with Gasteiger partial charge in [-0.15, -0.1) is 0 Å². The standard InChI is InChI=1S/C14H16F3NO3/c1-4-7(2)12(14(20)21-3)18-13(19)11-9(16)5-8(15)6-10(11)17/h5-7,12H,4H2,1-3H3,(H,18,19)/t7-,12-/m0/s1. The summed E-state index contributed by atoms with van der Waals surface area (Å²) in [5.74, 6) is -5.96. The lowest BCUT2D eigenvalue weighted by molar-refractivity contribution is -0.144. The summed E-state index contributed by atoms with van der Waals surface area (Å²) < 4.78 is 44.4. The Morgan fingerprint density at radius 3 is 2.19 bits per heavy atom. The van der Waals surface area contributed by atoms with E-state index in [-0.39, 0.29) is 5.92 Å². The van der Waals surface area contributed by atoms with E-state index in [4.69, 9.17) is 0 Å². The predicted octanol–water partition coefficient (Wildman–Crippen LogP) is 2.42. The van der Waals surface area contributed by atoms with E-state index in [1.165, 1.54) is 0 Å². The fourth-order valence-electron chi connectivity index (χ4n) is 1.77. The van der Waals surface area contributed by atoms with Gasteiger partial charge >= 0.3 is 5.97 Å². The molecule has 1 N–H and O–H groups in total. The number of methoxy groups -OCH3 is 1. The number of ether oxygens (including phenoxy) is 1. The fourth-order valence-corrected chi connectivity index (χ4v) is 1.77. The molecule has 0 radical (unpaired) electrons. The number of amides is 1. The van der Waals surface area contributed by atoms with Crippen LogP contribution in [0, 0.1) is 23.4 Å². The van der Waals surface area contributed by atoms with Crippen LogP contribution in [0.4, 0.5) is 13.2 Å². The zero-order valence-corrected chi connectivity index (χ0v) is 11.9. The normalized spacial score (nSPS) is 13.4. The fraction of sp³-hybridized carbons (Fsp3) is 0.429. The van der Waals surface area contributed by atoms with Crippen molar-refractivity contribution in [2.75, 3.05) is 7.11 Å². The molecule has 0 saturated heterocycles. The average Bonchev–Trinajstić information content (AvgIpc) is 2.41. The van der Waals surface area contributed by atoms with Gasteiger partial charge < -0.3 is 10.1 Å². The second-order valence-electron chi connectivity index (χ2n) is 4.60. The van der Waals surface area contributed by atoms with Crippen molar-refractivity contribution in [3.05, 3.63) is 35.1 Å². The van der Waals surface area contributed by atoms with Gasteiger partial charge in [0, 0.05) is 12.1 Å². The van der Waals surface area contributed by atoms with Crippen molar-refractivity contribution in [2.24, 2.45) is 5.92 Å². The molecule has 0 aromatic heterocycles. The van der Waals surface area contributed by atoms with Crippen LogP contribution in [-0.4, -0.2) is 25.0 Å². The van der Waals surface area contributed by atoms with Crippen LogP contribution in [0.5, 0.6) is 0 Å². The van der Waals surface area contributed by atoms with Gasteiger partial charge in [-0.1, -0.05) is 20.3 Å². The van der Waals surface area contributed by atoms with Crippen molar-refractivity contribution in [1.82, 2.24) is 5.32 Å². The van der Waals surface area contributed by atoms with Crippen LogP contribution in [0.15, 0.2) is 12.1 Å². The third kappa shape index (κ3) is 3.96. The Balaban J connectivity index is 3.05. The van der Waals surface area contributed by atoms with E-state index in [9.17, 15) is 22.8 Å². The van der Waals surface area contributed by atoms with Gasteiger partial charge in [0.1, 0.15) is 29.1 Å². The Bertz CT molecular complexity index is 525. The molecule has 0 aliphatic heterocycles. The minimum absolute atomic E-state index is 0.298. The first kappa shape index (κ1) is 17.0. The highest BCUT2D eigenvalue weighted by Gasteiger charge is 2.29. The molecule has 2 atom stereocenters. The summed E-state index contributed by atoms with van der Waals surface area (Å²) in [7, 11) is 1.14. The molecule has 1 aromatic carbocycles. The lowest BCUT2D eigenvalue weighted by Crippen LogP contribution is -2.46. The zero-order chi connectivity index (χ0) is 16.2. The number of hydrogen-bond donors (Lipinski definition) is 1. The molecule has 0 fully saturated rings. The quantitative estimate of drug-likeness (QED) is 0.850. The highest BCUT2D eigenvalue weighted by atomic mass is 19.1. The van der Waals surface area contributed by atoms with E-state index in [2.05, 4.69) is 10.1 Å². The second kappa shape index (κ2) is 7.10. The molecule has 0 spiro atoms. The van der Waals surface area contributed by atoms with Crippen LogP contribution in [-0.2, 0) is 9.53 Å². The Kier molecular flexibility index (Phi) is 5.75. The Labute approximate surface area is 120 Å². The molecule has 116 valence electrons. The number of carbonyl (C=O) groups is 2. The Hall–Kier alpha value is -2.05. The van der Waals surface area contributed by atoms with Gasteiger partial charge in [-0.25, -0.2) is 18.0 Å². The Morgan fingerprint density at radius 1 is 1.24 bits per heavy atom. The van der Waals surface area contributed by atoms with E-state index in [0.29, 0.717) is 18.6 Å². The third-order valence-corrected chi connectivity index (χ3v) is 3.19. The van der Waals surface area contributed by atoms with Gasteiger partial charge in [-0.2, -0.15) is 0 Å².